The van der Waals surface area contributed by atoms with E-state index in [1.54, 1.807) is 11.8 Å². The normalized spacial score (nSPS) is 15.4. The van der Waals surface area contributed by atoms with Crippen LogP contribution in [0.5, 0.6) is 0 Å². The standard InChI is InChI=1S/C21H32N2O2/c1-18(24)23(16-9-12-19-10-5-4-6-11-19)17-15-21(25)22-20-13-7-2-3-8-14-20/h4-6,10-11,20H,2-3,7-9,12-17H2,1H3,(H,22,25). The Kier molecular flexibility index (Phi) is 8.50. The third-order valence-electron chi connectivity index (χ3n) is 5.01. The predicted octanol–water partition coefficient (Wildman–Crippen LogP) is 3.70. The molecule has 1 fully saturated rings. The van der Waals surface area contributed by atoms with Crippen molar-refractivity contribution >= 4 is 11.8 Å². The molecule has 0 spiro atoms. The predicted molar refractivity (Wildman–Crippen MR) is 101 cm³/mol. The molecule has 0 atom stereocenters. The Balaban J connectivity index is 1.69. The van der Waals surface area contributed by atoms with Crippen molar-refractivity contribution in [2.45, 2.75) is 70.8 Å². The summed E-state index contributed by atoms with van der Waals surface area (Å²) < 4.78 is 0. The van der Waals surface area contributed by atoms with E-state index in [4.69, 9.17) is 0 Å². The number of nitrogens with zero attached hydrogens (tertiary/aromatic N) is 1. The molecule has 1 N–H and O–H groups in total. The van der Waals surface area contributed by atoms with Gasteiger partial charge < -0.3 is 10.2 Å². The second-order valence-electron chi connectivity index (χ2n) is 7.10. The van der Waals surface area contributed by atoms with Crippen molar-refractivity contribution in [3.05, 3.63) is 35.9 Å². The molecule has 0 unspecified atom stereocenters. The molecule has 0 bridgehead atoms. The van der Waals surface area contributed by atoms with Gasteiger partial charge in [-0.3, -0.25) is 9.59 Å². The van der Waals surface area contributed by atoms with Gasteiger partial charge in [-0.15, -0.1) is 0 Å². The minimum Gasteiger partial charge on any atom is -0.353 e. The smallest absolute Gasteiger partial charge is 0.221 e. The van der Waals surface area contributed by atoms with Crippen molar-refractivity contribution in [1.29, 1.82) is 0 Å². The minimum atomic E-state index is 0.0512. The number of nitrogens with one attached hydrogen (secondary N) is 1. The quantitative estimate of drug-likeness (QED) is 0.731. The lowest BCUT2D eigenvalue weighted by Crippen LogP contribution is -2.38. The first-order valence-electron chi connectivity index (χ1n) is 9.74. The van der Waals surface area contributed by atoms with E-state index in [1.165, 1.54) is 31.2 Å². The highest BCUT2D eigenvalue weighted by atomic mass is 16.2. The molecule has 1 aromatic carbocycles. The summed E-state index contributed by atoms with van der Waals surface area (Å²) in [6.07, 6.45) is 9.47. The molecule has 2 rings (SSSR count). The summed E-state index contributed by atoms with van der Waals surface area (Å²) in [6.45, 7) is 2.81. The lowest BCUT2D eigenvalue weighted by Gasteiger charge is -2.22. The van der Waals surface area contributed by atoms with Crippen LogP contribution in [0.1, 0.15) is 63.9 Å². The SMILES string of the molecule is CC(=O)N(CCCc1ccccc1)CCC(=O)NC1CCCCCC1. The van der Waals surface area contributed by atoms with Crippen molar-refractivity contribution in [1.82, 2.24) is 10.2 Å². The van der Waals surface area contributed by atoms with E-state index >= 15 is 0 Å². The van der Waals surface area contributed by atoms with Crippen LogP contribution in [0.3, 0.4) is 0 Å². The van der Waals surface area contributed by atoms with Crippen molar-refractivity contribution in [3.8, 4) is 0 Å². The molecule has 0 saturated heterocycles. The third-order valence-corrected chi connectivity index (χ3v) is 5.01. The van der Waals surface area contributed by atoms with Crippen molar-refractivity contribution in [2.75, 3.05) is 13.1 Å². The lowest BCUT2D eigenvalue weighted by molar-refractivity contribution is -0.129. The van der Waals surface area contributed by atoms with Crippen LogP contribution in [-0.2, 0) is 16.0 Å². The first kappa shape index (κ1) is 19.5. The average molecular weight is 344 g/mol. The summed E-state index contributed by atoms with van der Waals surface area (Å²) in [7, 11) is 0. The Hall–Kier alpha value is -1.84. The van der Waals surface area contributed by atoms with Gasteiger partial charge in [-0.05, 0) is 31.2 Å². The highest BCUT2D eigenvalue weighted by molar-refractivity contribution is 5.78. The van der Waals surface area contributed by atoms with Crippen molar-refractivity contribution in [2.24, 2.45) is 0 Å². The van der Waals surface area contributed by atoms with Crippen molar-refractivity contribution in [3.63, 3.8) is 0 Å². The number of rotatable bonds is 8. The Morgan fingerprint density at radius 1 is 1.04 bits per heavy atom. The molecule has 0 aromatic heterocycles. The number of hydrogen-bond donors (Lipinski definition) is 1. The summed E-state index contributed by atoms with van der Waals surface area (Å²) in [5.74, 6) is 0.136. The number of benzene rings is 1. The zero-order valence-corrected chi connectivity index (χ0v) is 15.5. The number of carbonyl (C=O) groups excluding carboxylic acids is 2. The molecular formula is C21H32N2O2. The first-order valence-corrected chi connectivity index (χ1v) is 9.74. The number of hydrogen-bond acceptors (Lipinski definition) is 2. The van der Waals surface area contributed by atoms with Gasteiger partial charge in [0, 0.05) is 32.5 Å². The van der Waals surface area contributed by atoms with Gasteiger partial charge in [0.15, 0.2) is 0 Å². The maximum Gasteiger partial charge on any atom is 0.221 e. The highest BCUT2D eigenvalue weighted by Crippen LogP contribution is 2.17. The Morgan fingerprint density at radius 2 is 1.72 bits per heavy atom. The highest BCUT2D eigenvalue weighted by Gasteiger charge is 2.16. The van der Waals surface area contributed by atoms with Gasteiger partial charge in [0.1, 0.15) is 0 Å². The number of carbonyl (C=O) groups is 2. The van der Waals surface area contributed by atoms with E-state index in [-0.39, 0.29) is 11.8 Å². The molecule has 0 aliphatic heterocycles. The Morgan fingerprint density at radius 3 is 2.36 bits per heavy atom. The van der Waals surface area contributed by atoms with Crippen molar-refractivity contribution < 1.29 is 9.59 Å². The third kappa shape index (κ3) is 7.72. The van der Waals surface area contributed by atoms with Crippen LogP contribution in [0, 0.1) is 0 Å². The van der Waals surface area contributed by atoms with E-state index in [0.717, 1.165) is 25.7 Å². The van der Waals surface area contributed by atoms with Gasteiger partial charge >= 0.3 is 0 Å². The average Bonchev–Trinajstić information content (AvgIpc) is 2.87. The first-order chi connectivity index (χ1) is 12.1. The van der Waals surface area contributed by atoms with Gasteiger partial charge in [0.05, 0.1) is 0 Å². The van der Waals surface area contributed by atoms with Crippen LogP contribution < -0.4 is 5.32 Å². The van der Waals surface area contributed by atoms with Crippen LogP contribution >= 0.6 is 0 Å². The summed E-state index contributed by atoms with van der Waals surface area (Å²) >= 11 is 0. The zero-order chi connectivity index (χ0) is 17.9. The molecule has 1 saturated carbocycles. The summed E-state index contributed by atoms with van der Waals surface area (Å²) in [5, 5.41) is 3.16. The van der Waals surface area contributed by atoms with Crippen LogP contribution in [-0.4, -0.2) is 35.8 Å². The van der Waals surface area contributed by atoms with Crippen LogP contribution in [0.2, 0.25) is 0 Å². The maximum absolute atomic E-state index is 12.2. The molecule has 4 nitrogen and oxygen atoms in total. The summed E-state index contributed by atoms with van der Waals surface area (Å²) in [5.41, 5.74) is 1.29. The van der Waals surface area contributed by atoms with Gasteiger partial charge in [0.2, 0.25) is 11.8 Å². The molecule has 138 valence electrons. The fraction of sp³-hybridized carbons (Fsp3) is 0.619. The van der Waals surface area contributed by atoms with Gasteiger partial charge in [-0.2, -0.15) is 0 Å². The second kappa shape index (κ2) is 10.9. The molecule has 2 amide bonds. The fourth-order valence-electron chi connectivity index (χ4n) is 3.51. The molecule has 25 heavy (non-hydrogen) atoms. The van der Waals surface area contributed by atoms with Crippen LogP contribution in [0.15, 0.2) is 30.3 Å². The van der Waals surface area contributed by atoms with E-state index in [9.17, 15) is 9.59 Å². The molecule has 1 aliphatic rings. The Bertz CT molecular complexity index is 522. The molecular weight excluding hydrogens is 312 g/mol. The summed E-state index contributed by atoms with van der Waals surface area (Å²) in [4.78, 5) is 25.8. The minimum absolute atomic E-state index is 0.0512. The fourth-order valence-corrected chi connectivity index (χ4v) is 3.51. The van der Waals surface area contributed by atoms with Gasteiger partial charge in [-0.25, -0.2) is 0 Å². The van der Waals surface area contributed by atoms with E-state index < -0.39 is 0 Å². The molecule has 1 aromatic rings. The van der Waals surface area contributed by atoms with E-state index in [2.05, 4.69) is 17.4 Å². The maximum atomic E-state index is 12.2. The monoisotopic (exact) mass is 344 g/mol. The van der Waals surface area contributed by atoms with E-state index in [0.29, 0.717) is 25.6 Å². The molecule has 0 heterocycles. The van der Waals surface area contributed by atoms with Gasteiger partial charge in [-0.1, -0.05) is 56.0 Å². The van der Waals surface area contributed by atoms with Crippen LogP contribution in [0.4, 0.5) is 0 Å². The van der Waals surface area contributed by atoms with Crippen LogP contribution in [0.25, 0.3) is 0 Å². The summed E-state index contributed by atoms with van der Waals surface area (Å²) in [6, 6.07) is 10.6. The van der Waals surface area contributed by atoms with Gasteiger partial charge in [0.25, 0.3) is 0 Å². The zero-order valence-electron chi connectivity index (χ0n) is 15.5. The largest absolute Gasteiger partial charge is 0.353 e. The van der Waals surface area contributed by atoms with E-state index in [1.807, 2.05) is 18.2 Å². The number of amides is 2. The number of aryl methyl sites for hydroxylation is 1. The molecule has 0 radical (unpaired) electrons. The molecule has 4 heteroatoms. The second-order valence-corrected chi connectivity index (χ2v) is 7.10. The Labute approximate surface area is 152 Å². The molecule has 1 aliphatic carbocycles. The lowest BCUT2D eigenvalue weighted by atomic mass is 10.1. The topological polar surface area (TPSA) is 49.4 Å².